The summed E-state index contributed by atoms with van der Waals surface area (Å²) in [5.74, 6) is 0. The second-order valence-corrected chi connectivity index (χ2v) is 8.46. The smallest absolute Gasteiger partial charge is 0.0355 e. The molecule has 1 nitrogen and oxygen atoms in total. The summed E-state index contributed by atoms with van der Waals surface area (Å²) in [6, 6.07) is 8.58. The summed E-state index contributed by atoms with van der Waals surface area (Å²) in [6.45, 7) is 13.3. The van der Waals surface area contributed by atoms with Crippen LogP contribution in [0.4, 0.5) is 0 Å². The lowest BCUT2D eigenvalue weighted by Crippen LogP contribution is -2.27. The summed E-state index contributed by atoms with van der Waals surface area (Å²) >= 11 is 1.89. The van der Waals surface area contributed by atoms with Crippen molar-refractivity contribution in [2.45, 2.75) is 57.2 Å². The Morgan fingerprint density at radius 3 is 2.00 bits per heavy atom. The lowest BCUT2D eigenvalue weighted by molar-refractivity contribution is 0.323. The quantitative estimate of drug-likeness (QED) is 0.776. The van der Waals surface area contributed by atoms with E-state index < -0.39 is 0 Å². The number of nitrogens with two attached hydrogens (primary N) is 1. The van der Waals surface area contributed by atoms with Crippen LogP contribution in [0.5, 0.6) is 0 Å². The maximum Gasteiger partial charge on any atom is 0.0355 e. The largest absolute Gasteiger partial charge is 0.323 e. The first kappa shape index (κ1) is 14.6. The molecule has 0 saturated heterocycles. The maximum atomic E-state index is 6.38. The normalized spacial score (nSPS) is 14.8. The fourth-order valence-corrected chi connectivity index (χ4v) is 2.75. The van der Waals surface area contributed by atoms with Crippen molar-refractivity contribution in [1.82, 2.24) is 0 Å². The van der Waals surface area contributed by atoms with E-state index in [4.69, 9.17) is 5.73 Å². The number of thioether (sulfide) groups is 1. The van der Waals surface area contributed by atoms with Gasteiger partial charge in [0.2, 0.25) is 0 Å². The highest BCUT2D eigenvalue weighted by Crippen LogP contribution is 2.40. The standard InChI is InChI=1S/C15H25NS/c1-14(2,3)13(16)11-9-7-8-10-12(11)17-15(4,5)6/h7-10,13H,16H2,1-6H3/t13-/m1/s1. The van der Waals surface area contributed by atoms with Crippen LogP contribution in [0.3, 0.4) is 0 Å². The topological polar surface area (TPSA) is 26.0 Å². The Balaban J connectivity index is 3.08. The summed E-state index contributed by atoms with van der Waals surface area (Å²) < 4.78 is 0.216. The van der Waals surface area contributed by atoms with Gasteiger partial charge in [0.25, 0.3) is 0 Å². The monoisotopic (exact) mass is 251 g/mol. The van der Waals surface area contributed by atoms with E-state index in [2.05, 4.69) is 65.8 Å². The van der Waals surface area contributed by atoms with E-state index in [1.165, 1.54) is 10.5 Å². The highest BCUT2D eigenvalue weighted by Gasteiger charge is 2.25. The second-order valence-electron chi connectivity index (χ2n) is 6.60. The van der Waals surface area contributed by atoms with Crippen molar-refractivity contribution >= 4 is 11.8 Å². The van der Waals surface area contributed by atoms with E-state index in [-0.39, 0.29) is 16.2 Å². The van der Waals surface area contributed by atoms with E-state index in [9.17, 15) is 0 Å². The number of benzene rings is 1. The SMILES string of the molecule is CC(C)(C)Sc1ccccc1[C@@H](N)C(C)(C)C. The first-order chi connectivity index (χ1) is 7.61. The van der Waals surface area contributed by atoms with Crippen molar-refractivity contribution in [1.29, 1.82) is 0 Å². The van der Waals surface area contributed by atoms with Crippen LogP contribution in [0.2, 0.25) is 0 Å². The van der Waals surface area contributed by atoms with E-state index in [0.717, 1.165) is 0 Å². The molecule has 1 aromatic rings. The van der Waals surface area contributed by atoms with Crippen LogP contribution in [0.25, 0.3) is 0 Å². The van der Waals surface area contributed by atoms with E-state index >= 15 is 0 Å². The van der Waals surface area contributed by atoms with Crippen molar-refractivity contribution in [3.8, 4) is 0 Å². The maximum absolute atomic E-state index is 6.38. The van der Waals surface area contributed by atoms with Gasteiger partial charge in [-0.3, -0.25) is 0 Å². The predicted molar refractivity (Wildman–Crippen MR) is 78.4 cm³/mol. The Kier molecular flexibility index (Phi) is 4.32. The Morgan fingerprint density at radius 2 is 1.53 bits per heavy atom. The van der Waals surface area contributed by atoms with Crippen molar-refractivity contribution in [2.75, 3.05) is 0 Å². The van der Waals surface area contributed by atoms with Crippen LogP contribution in [0.1, 0.15) is 53.1 Å². The lowest BCUT2D eigenvalue weighted by atomic mass is 9.83. The Labute approximate surface area is 110 Å². The van der Waals surface area contributed by atoms with Crippen LogP contribution >= 0.6 is 11.8 Å². The molecule has 0 amide bonds. The molecule has 0 aromatic heterocycles. The minimum absolute atomic E-state index is 0.0774. The van der Waals surface area contributed by atoms with Gasteiger partial charge in [-0.1, -0.05) is 59.7 Å². The van der Waals surface area contributed by atoms with Crippen LogP contribution in [-0.2, 0) is 0 Å². The first-order valence-corrected chi connectivity index (χ1v) is 6.96. The van der Waals surface area contributed by atoms with Gasteiger partial charge in [0.05, 0.1) is 0 Å². The highest BCUT2D eigenvalue weighted by atomic mass is 32.2. The third kappa shape index (κ3) is 4.36. The zero-order valence-electron chi connectivity index (χ0n) is 11.9. The van der Waals surface area contributed by atoms with Gasteiger partial charge in [-0.25, -0.2) is 0 Å². The van der Waals surface area contributed by atoms with Crippen molar-refractivity contribution in [3.05, 3.63) is 29.8 Å². The molecule has 1 aromatic carbocycles. The molecular weight excluding hydrogens is 226 g/mol. The molecule has 1 rings (SSSR count). The van der Waals surface area contributed by atoms with Crippen molar-refractivity contribution in [3.63, 3.8) is 0 Å². The van der Waals surface area contributed by atoms with Gasteiger partial charge in [0.15, 0.2) is 0 Å². The molecule has 2 N–H and O–H groups in total. The van der Waals surface area contributed by atoms with Crippen LogP contribution in [-0.4, -0.2) is 4.75 Å². The summed E-state index contributed by atoms with van der Waals surface area (Å²) in [5.41, 5.74) is 7.73. The van der Waals surface area contributed by atoms with E-state index in [1.54, 1.807) is 0 Å². The van der Waals surface area contributed by atoms with Crippen molar-refractivity contribution < 1.29 is 0 Å². The number of hydrogen-bond donors (Lipinski definition) is 1. The molecule has 0 spiro atoms. The minimum atomic E-state index is 0.0774. The summed E-state index contributed by atoms with van der Waals surface area (Å²) in [7, 11) is 0. The molecule has 0 heterocycles. The molecule has 1 atom stereocenters. The lowest BCUT2D eigenvalue weighted by Gasteiger charge is -2.30. The van der Waals surface area contributed by atoms with Gasteiger partial charge in [-0.2, -0.15) is 0 Å². The molecule has 0 saturated carbocycles. The van der Waals surface area contributed by atoms with Gasteiger partial charge in [-0.15, -0.1) is 11.8 Å². The fraction of sp³-hybridized carbons (Fsp3) is 0.600. The molecule has 0 radical (unpaired) electrons. The van der Waals surface area contributed by atoms with Gasteiger partial charge < -0.3 is 5.73 Å². The molecule has 0 aliphatic carbocycles. The zero-order chi connectivity index (χ0) is 13.3. The average Bonchev–Trinajstić information content (AvgIpc) is 2.13. The summed E-state index contributed by atoms with van der Waals surface area (Å²) in [6.07, 6.45) is 0. The first-order valence-electron chi connectivity index (χ1n) is 6.15. The Bertz CT molecular complexity index is 371. The van der Waals surface area contributed by atoms with Gasteiger partial charge in [-0.05, 0) is 17.0 Å². The molecule has 0 aliphatic heterocycles. The van der Waals surface area contributed by atoms with Crippen molar-refractivity contribution in [2.24, 2.45) is 11.1 Å². The summed E-state index contributed by atoms with van der Waals surface area (Å²) in [4.78, 5) is 1.31. The van der Waals surface area contributed by atoms with Crippen LogP contribution in [0, 0.1) is 5.41 Å². The van der Waals surface area contributed by atoms with E-state index in [0.29, 0.717) is 0 Å². The van der Waals surface area contributed by atoms with Crippen LogP contribution < -0.4 is 5.73 Å². The van der Waals surface area contributed by atoms with Gasteiger partial charge in [0, 0.05) is 15.7 Å². The molecule has 17 heavy (non-hydrogen) atoms. The summed E-state index contributed by atoms with van der Waals surface area (Å²) in [5, 5.41) is 0. The Hall–Kier alpha value is -0.470. The molecule has 0 aliphatic rings. The average molecular weight is 251 g/mol. The molecule has 96 valence electrons. The van der Waals surface area contributed by atoms with Gasteiger partial charge >= 0.3 is 0 Å². The molecule has 0 bridgehead atoms. The van der Waals surface area contributed by atoms with Gasteiger partial charge in [0.1, 0.15) is 0 Å². The fourth-order valence-electron chi connectivity index (χ4n) is 1.63. The molecule has 0 unspecified atom stereocenters. The molecular formula is C15H25NS. The highest BCUT2D eigenvalue weighted by molar-refractivity contribution is 8.00. The molecule has 0 fully saturated rings. The number of hydrogen-bond acceptors (Lipinski definition) is 2. The minimum Gasteiger partial charge on any atom is -0.323 e. The molecule has 2 heteroatoms. The second kappa shape index (κ2) is 5.03. The predicted octanol–water partition coefficient (Wildman–Crippen LogP) is 4.62. The zero-order valence-corrected chi connectivity index (χ0v) is 12.7. The Morgan fingerprint density at radius 1 is 1.00 bits per heavy atom. The third-order valence-corrected chi connectivity index (χ3v) is 3.81. The van der Waals surface area contributed by atoms with E-state index in [1.807, 2.05) is 11.8 Å². The number of rotatable bonds is 2. The van der Waals surface area contributed by atoms with Crippen LogP contribution in [0.15, 0.2) is 29.2 Å². The third-order valence-electron chi connectivity index (χ3n) is 2.60.